The van der Waals surface area contributed by atoms with Crippen LogP contribution >= 0.6 is 0 Å². The Hall–Kier alpha value is -0.970. The zero-order chi connectivity index (χ0) is 13.7. The van der Waals surface area contributed by atoms with Crippen molar-refractivity contribution in [2.24, 2.45) is 0 Å². The summed E-state index contributed by atoms with van der Waals surface area (Å²) in [6, 6.07) is 5.72. The first kappa shape index (κ1) is 14.4. The number of ether oxygens (including phenoxy) is 1. The molecular weight excluding hydrogens is 243 g/mol. The molecule has 1 unspecified atom stereocenters. The Labute approximate surface area is 114 Å². The van der Waals surface area contributed by atoms with Crippen molar-refractivity contribution in [2.75, 3.05) is 39.9 Å². The highest BCUT2D eigenvalue weighted by atomic mass is 19.1. The van der Waals surface area contributed by atoms with Crippen LogP contribution in [0.3, 0.4) is 0 Å². The van der Waals surface area contributed by atoms with E-state index in [1.54, 1.807) is 13.0 Å². The molecular formula is C15H23FN2O. The van der Waals surface area contributed by atoms with Gasteiger partial charge in [-0.2, -0.15) is 0 Å². The molecule has 19 heavy (non-hydrogen) atoms. The Morgan fingerprint density at radius 3 is 2.74 bits per heavy atom. The number of benzene rings is 1. The summed E-state index contributed by atoms with van der Waals surface area (Å²) in [6.45, 7) is 6.45. The molecule has 0 aromatic heterocycles. The fourth-order valence-electron chi connectivity index (χ4n) is 2.44. The number of nitrogens with zero attached hydrogens (tertiary/aromatic N) is 1. The van der Waals surface area contributed by atoms with Crippen LogP contribution in [0.5, 0.6) is 0 Å². The van der Waals surface area contributed by atoms with Crippen molar-refractivity contribution in [3.63, 3.8) is 0 Å². The van der Waals surface area contributed by atoms with Crippen molar-refractivity contribution < 1.29 is 9.13 Å². The van der Waals surface area contributed by atoms with Crippen LogP contribution in [0.1, 0.15) is 23.6 Å². The number of hydrogen-bond donors (Lipinski definition) is 1. The van der Waals surface area contributed by atoms with Gasteiger partial charge < -0.3 is 10.1 Å². The lowest BCUT2D eigenvalue weighted by molar-refractivity contribution is 0.0362. The van der Waals surface area contributed by atoms with Gasteiger partial charge in [-0.05, 0) is 37.6 Å². The minimum absolute atomic E-state index is 0.121. The Kier molecular flexibility index (Phi) is 5.31. The van der Waals surface area contributed by atoms with E-state index >= 15 is 0 Å². The fourth-order valence-corrected chi connectivity index (χ4v) is 2.44. The topological polar surface area (TPSA) is 24.5 Å². The molecule has 1 aliphatic heterocycles. The molecule has 2 rings (SSSR count). The van der Waals surface area contributed by atoms with Gasteiger partial charge in [0.15, 0.2) is 0 Å². The first-order chi connectivity index (χ1) is 9.20. The lowest BCUT2D eigenvalue weighted by Gasteiger charge is -2.28. The third-order valence-electron chi connectivity index (χ3n) is 3.78. The van der Waals surface area contributed by atoms with Gasteiger partial charge in [-0.3, -0.25) is 4.90 Å². The van der Waals surface area contributed by atoms with Gasteiger partial charge in [0, 0.05) is 25.7 Å². The Morgan fingerprint density at radius 2 is 2.11 bits per heavy atom. The summed E-state index contributed by atoms with van der Waals surface area (Å²) in [5, 5.41) is 3.28. The van der Waals surface area contributed by atoms with Crippen LogP contribution in [0, 0.1) is 12.7 Å². The van der Waals surface area contributed by atoms with Gasteiger partial charge in [-0.25, -0.2) is 4.39 Å². The zero-order valence-corrected chi connectivity index (χ0v) is 11.8. The Morgan fingerprint density at radius 1 is 1.37 bits per heavy atom. The lowest BCUT2D eigenvalue weighted by Crippen LogP contribution is -2.38. The summed E-state index contributed by atoms with van der Waals surface area (Å²) >= 11 is 0. The number of rotatable bonds is 5. The number of morpholine rings is 1. The van der Waals surface area contributed by atoms with Crippen LogP contribution in [0.2, 0.25) is 0 Å². The molecule has 1 aromatic carbocycles. The van der Waals surface area contributed by atoms with Crippen LogP contribution in [-0.4, -0.2) is 44.8 Å². The second-order valence-corrected chi connectivity index (χ2v) is 5.09. The first-order valence-corrected chi connectivity index (χ1v) is 6.94. The highest BCUT2D eigenvalue weighted by Gasteiger charge is 2.15. The fraction of sp³-hybridized carbons (Fsp3) is 0.600. The van der Waals surface area contributed by atoms with Gasteiger partial charge in [-0.15, -0.1) is 0 Å². The minimum atomic E-state index is -0.121. The van der Waals surface area contributed by atoms with Crippen molar-refractivity contribution in [1.29, 1.82) is 0 Å². The molecule has 1 N–H and O–H groups in total. The maximum absolute atomic E-state index is 13.6. The molecule has 1 saturated heterocycles. The molecule has 0 saturated carbocycles. The number of hydrogen-bond acceptors (Lipinski definition) is 3. The lowest BCUT2D eigenvalue weighted by atomic mass is 10.0. The second-order valence-electron chi connectivity index (χ2n) is 5.09. The Bertz CT molecular complexity index is 405. The van der Waals surface area contributed by atoms with E-state index in [1.807, 2.05) is 19.2 Å². The first-order valence-electron chi connectivity index (χ1n) is 6.94. The molecule has 1 atom stereocenters. The van der Waals surface area contributed by atoms with Crippen molar-refractivity contribution in [3.05, 3.63) is 35.1 Å². The second kappa shape index (κ2) is 6.98. The molecule has 0 radical (unpaired) electrons. The molecule has 1 heterocycles. The van der Waals surface area contributed by atoms with E-state index in [0.29, 0.717) is 5.56 Å². The molecule has 3 nitrogen and oxygen atoms in total. The van der Waals surface area contributed by atoms with Crippen LogP contribution in [0.15, 0.2) is 18.2 Å². The number of halogens is 1. The Balaban J connectivity index is 1.93. The summed E-state index contributed by atoms with van der Waals surface area (Å²) in [7, 11) is 1.93. The average Bonchev–Trinajstić information content (AvgIpc) is 2.44. The number of nitrogens with one attached hydrogen (secondary N) is 1. The highest BCUT2D eigenvalue weighted by Crippen LogP contribution is 2.19. The summed E-state index contributed by atoms with van der Waals surface area (Å²) in [5.74, 6) is -0.121. The summed E-state index contributed by atoms with van der Waals surface area (Å²) in [5.41, 5.74) is 1.73. The normalized spacial score (nSPS) is 18.5. The van der Waals surface area contributed by atoms with Crippen molar-refractivity contribution >= 4 is 0 Å². The largest absolute Gasteiger partial charge is 0.379 e. The van der Waals surface area contributed by atoms with Crippen LogP contribution in [-0.2, 0) is 4.74 Å². The minimum Gasteiger partial charge on any atom is -0.379 e. The van der Waals surface area contributed by atoms with E-state index in [1.165, 1.54) is 0 Å². The summed E-state index contributed by atoms with van der Waals surface area (Å²) in [6.07, 6.45) is 0.985. The molecule has 4 heteroatoms. The standard InChI is InChI=1S/C15H23FN2O/c1-12-3-4-13(11-14(12)16)15(17-2)5-6-18-7-9-19-10-8-18/h3-4,11,15,17H,5-10H2,1-2H3. The third kappa shape index (κ3) is 4.00. The highest BCUT2D eigenvalue weighted by molar-refractivity contribution is 5.25. The third-order valence-corrected chi connectivity index (χ3v) is 3.78. The van der Waals surface area contributed by atoms with Crippen molar-refractivity contribution in [2.45, 2.75) is 19.4 Å². The van der Waals surface area contributed by atoms with Gasteiger partial charge in [0.25, 0.3) is 0 Å². The van der Waals surface area contributed by atoms with E-state index in [9.17, 15) is 4.39 Å². The predicted molar refractivity (Wildman–Crippen MR) is 74.8 cm³/mol. The van der Waals surface area contributed by atoms with E-state index in [4.69, 9.17) is 4.74 Å². The van der Waals surface area contributed by atoms with Gasteiger partial charge in [0.05, 0.1) is 13.2 Å². The van der Waals surface area contributed by atoms with Crippen molar-refractivity contribution in [3.8, 4) is 0 Å². The SMILES string of the molecule is CNC(CCN1CCOCC1)c1ccc(C)c(F)c1. The monoisotopic (exact) mass is 266 g/mol. The number of aryl methyl sites for hydroxylation is 1. The molecule has 0 spiro atoms. The van der Waals surface area contributed by atoms with E-state index in [0.717, 1.165) is 44.8 Å². The molecule has 0 bridgehead atoms. The maximum Gasteiger partial charge on any atom is 0.126 e. The van der Waals surface area contributed by atoms with Crippen LogP contribution in [0.4, 0.5) is 4.39 Å². The van der Waals surface area contributed by atoms with Gasteiger partial charge in [0.2, 0.25) is 0 Å². The van der Waals surface area contributed by atoms with Crippen LogP contribution < -0.4 is 5.32 Å². The molecule has 106 valence electrons. The van der Waals surface area contributed by atoms with Crippen molar-refractivity contribution in [1.82, 2.24) is 10.2 Å². The molecule has 0 amide bonds. The van der Waals surface area contributed by atoms with Gasteiger partial charge in [-0.1, -0.05) is 12.1 Å². The van der Waals surface area contributed by atoms with Gasteiger partial charge >= 0.3 is 0 Å². The zero-order valence-electron chi connectivity index (χ0n) is 11.8. The quantitative estimate of drug-likeness (QED) is 0.883. The smallest absolute Gasteiger partial charge is 0.126 e. The van der Waals surface area contributed by atoms with E-state index < -0.39 is 0 Å². The van der Waals surface area contributed by atoms with Gasteiger partial charge in [0.1, 0.15) is 5.82 Å². The average molecular weight is 266 g/mol. The summed E-state index contributed by atoms with van der Waals surface area (Å²) in [4.78, 5) is 2.40. The molecule has 1 fully saturated rings. The molecule has 1 aliphatic rings. The molecule has 0 aliphatic carbocycles. The maximum atomic E-state index is 13.6. The van der Waals surface area contributed by atoms with Crippen LogP contribution in [0.25, 0.3) is 0 Å². The van der Waals surface area contributed by atoms with E-state index in [2.05, 4.69) is 10.2 Å². The van der Waals surface area contributed by atoms with E-state index in [-0.39, 0.29) is 11.9 Å². The predicted octanol–water partition coefficient (Wildman–Crippen LogP) is 2.12. The summed E-state index contributed by atoms with van der Waals surface area (Å²) < 4.78 is 19.0. The molecule has 1 aromatic rings.